The van der Waals surface area contributed by atoms with E-state index in [-0.39, 0.29) is 17.8 Å². The fraction of sp³-hybridized carbons (Fsp3) is 0.429. The number of benzene rings is 1. The van der Waals surface area contributed by atoms with Crippen LogP contribution in [-0.2, 0) is 17.6 Å². The van der Waals surface area contributed by atoms with Gasteiger partial charge in [0.2, 0.25) is 0 Å². The molecule has 1 aromatic carbocycles. The fourth-order valence-electron chi connectivity index (χ4n) is 3.88. The highest BCUT2D eigenvalue weighted by molar-refractivity contribution is 5.96. The number of aromatic nitrogens is 1. The third-order valence-corrected chi connectivity index (χ3v) is 5.48. The molecule has 1 amide bonds. The second-order valence-corrected chi connectivity index (χ2v) is 7.28. The molecule has 0 spiro atoms. The van der Waals surface area contributed by atoms with E-state index in [1.807, 2.05) is 13.0 Å². The van der Waals surface area contributed by atoms with Crippen LogP contribution in [0.5, 0.6) is 0 Å². The second kappa shape index (κ2) is 7.37. The first-order valence-corrected chi connectivity index (χ1v) is 9.33. The van der Waals surface area contributed by atoms with E-state index in [4.69, 9.17) is 4.74 Å². The average molecular weight is 370 g/mol. The molecule has 6 heteroatoms. The number of amides is 1. The number of carbonyl (C=O) groups is 1. The van der Waals surface area contributed by atoms with Crippen LogP contribution < -0.4 is 0 Å². The summed E-state index contributed by atoms with van der Waals surface area (Å²) in [7, 11) is 0. The number of hydrogen-bond acceptors (Lipinski definition) is 4. The Labute approximate surface area is 157 Å². The number of halogens is 1. The molecule has 142 valence electrons. The minimum absolute atomic E-state index is 0.0985. The Balaban J connectivity index is 1.61. The standard InChI is InChI=1S/C21H23FN2O3/c1-13-15(10-14-2-4-16(22)5-3-14)11-17-18(23-13)6-8-24(21(17)26)19-12-27-9-7-20(19)25/h2-5,11,19-20,25H,6-10,12H2,1H3. The van der Waals surface area contributed by atoms with Crippen molar-refractivity contribution in [3.63, 3.8) is 0 Å². The van der Waals surface area contributed by atoms with Gasteiger partial charge in [-0.05, 0) is 49.1 Å². The van der Waals surface area contributed by atoms with Gasteiger partial charge in [0.1, 0.15) is 5.82 Å². The van der Waals surface area contributed by atoms with E-state index in [0.29, 0.717) is 44.6 Å². The number of aryl methyl sites for hydroxylation is 1. The molecule has 27 heavy (non-hydrogen) atoms. The normalized spacial score (nSPS) is 22.6. The predicted octanol–water partition coefficient (Wildman–Crippen LogP) is 2.27. The lowest BCUT2D eigenvalue weighted by Crippen LogP contribution is -2.54. The maximum absolute atomic E-state index is 13.1. The molecule has 2 atom stereocenters. The minimum atomic E-state index is -0.554. The molecular weight excluding hydrogens is 347 g/mol. The quantitative estimate of drug-likeness (QED) is 0.900. The molecule has 1 aromatic heterocycles. The van der Waals surface area contributed by atoms with Crippen LogP contribution in [0.15, 0.2) is 30.3 Å². The SMILES string of the molecule is Cc1nc2c(cc1Cc1ccc(F)cc1)C(=O)N(C1COCCC1O)CC2. The lowest BCUT2D eigenvalue weighted by Gasteiger charge is -2.39. The van der Waals surface area contributed by atoms with E-state index in [9.17, 15) is 14.3 Å². The minimum Gasteiger partial charge on any atom is -0.391 e. The van der Waals surface area contributed by atoms with Crippen LogP contribution in [0, 0.1) is 12.7 Å². The van der Waals surface area contributed by atoms with E-state index in [2.05, 4.69) is 4.98 Å². The molecule has 0 aliphatic carbocycles. The van der Waals surface area contributed by atoms with Crippen molar-refractivity contribution in [2.24, 2.45) is 0 Å². The van der Waals surface area contributed by atoms with Crippen LogP contribution in [-0.4, -0.2) is 52.8 Å². The summed E-state index contributed by atoms with van der Waals surface area (Å²) >= 11 is 0. The third kappa shape index (κ3) is 3.59. The van der Waals surface area contributed by atoms with Crippen LogP contribution in [0.25, 0.3) is 0 Å². The van der Waals surface area contributed by atoms with Crippen LogP contribution in [0.2, 0.25) is 0 Å². The number of hydrogen-bond donors (Lipinski definition) is 1. The molecular formula is C21H23FN2O3. The van der Waals surface area contributed by atoms with Gasteiger partial charge in [0.15, 0.2) is 0 Å². The first-order chi connectivity index (χ1) is 13.0. The summed E-state index contributed by atoms with van der Waals surface area (Å²) in [6.45, 7) is 3.37. The zero-order valence-corrected chi connectivity index (χ0v) is 15.3. The summed E-state index contributed by atoms with van der Waals surface area (Å²) in [6.07, 6.45) is 1.25. The van der Waals surface area contributed by atoms with Gasteiger partial charge in [-0.2, -0.15) is 0 Å². The molecule has 2 aromatic rings. The average Bonchev–Trinajstić information content (AvgIpc) is 2.66. The maximum atomic E-state index is 13.1. The Morgan fingerprint density at radius 3 is 2.85 bits per heavy atom. The zero-order chi connectivity index (χ0) is 19.0. The highest BCUT2D eigenvalue weighted by Gasteiger charge is 2.36. The number of pyridine rings is 1. The second-order valence-electron chi connectivity index (χ2n) is 7.28. The molecule has 0 bridgehead atoms. The molecule has 1 saturated heterocycles. The molecule has 2 aliphatic heterocycles. The summed E-state index contributed by atoms with van der Waals surface area (Å²) in [5, 5.41) is 10.3. The Morgan fingerprint density at radius 2 is 2.11 bits per heavy atom. The van der Waals surface area contributed by atoms with Crippen LogP contribution in [0.4, 0.5) is 4.39 Å². The largest absolute Gasteiger partial charge is 0.391 e. The zero-order valence-electron chi connectivity index (χ0n) is 15.3. The van der Waals surface area contributed by atoms with E-state index < -0.39 is 6.10 Å². The van der Waals surface area contributed by atoms with Crippen molar-refractivity contribution in [2.45, 2.75) is 38.3 Å². The van der Waals surface area contributed by atoms with E-state index in [0.717, 1.165) is 22.5 Å². The van der Waals surface area contributed by atoms with Crippen molar-refractivity contribution < 1.29 is 19.0 Å². The number of rotatable bonds is 3. The fourth-order valence-corrected chi connectivity index (χ4v) is 3.88. The van der Waals surface area contributed by atoms with Gasteiger partial charge in [-0.25, -0.2) is 4.39 Å². The maximum Gasteiger partial charge on any atom is 0.256 e. The topological polar surface area (TPSA) is 62.7 Å². The van der Waals surface area contributed by atoms with Crippen molar-refractivity contribution in [2.75, 3.05) is 19.8 Å². The van der Waals surface area contributed by atoms with Crippen molar-refractivity contribution in [3.8, 4) is 0 Å². The molecule has 1 fully saturated rings. The van der Waals surface area contributed by atoms with Gasteiger partial charge in [-0.1, -0.05) is 12.1 Å². The van der Waals surface area contributed by atoms with E-state index in [1.54, 1.807) is 17.0 Å². The summed E-state index contributed by atoms with van der Waals surface area (Å²) < 4.78 is 18.6. The lowest BCUT2D eigenvalue weighted by atomic mass is 9.95. The molecule has 0 radical (unpaired) electrons. The third-order valence-electron chi connectivity index (χ3n) is 5.48. The molecule has 0 saturated carbocycles. The van der Waals surface area contributed by atoms with Gasteiger partial charge in [-0.3, -0.25) is 9.78 Å². The van der Waals surface area contributed by atoms with Gasteiger partial charge in [0.25, 0.3) is 5.91 Å². The van der Waals surface area contributed by atoms with Gasteiger partial charge in [0.05, 0.1) is 30.0 Å². The van der Waals surface area contributed by atoms with Crippen molar-refractivity contribution >= 4 is 5.91 Å². The van der Waals surface area contributed by atoms with Gasteiger partial charge in [0, 0.05) is 25.3 Å². The Bertz CT molecular complexity index is 853. The Hall–Kier alpha value is -2.31. The number of fused-ring (bicyclic) bond motifs is 1. The van der Waals surface area contributed by atoms with Gasteiger partial charge < -0.3 is 14.7 Å². The monoisotopic (exact) mass is 370 g/mol. The smallest absolute Gasteiger partial charge is 0.256 e. The lowest BCUT2D eigenvalue weighted by molar-refractivity contribution is -0.0537. The highest BCUT2D eigenvalue weighted by Crippen LogP contribution is 2.26. The van der Waals surface area contributed by atoms with Crippen molar-refractivity contribution in [1.29, 1.82) is 0 Å². The molecule has 5 nitrogen and oxygen atoms in total. The Morgan fingerprint density at radius 1 is 1.33 bits per heavy atom. The van der Waals surface area contributed by atoms with Crippen molar-refractivity contribution in [1.82, 2.24) is 9.88 Å². The number of aliphatic hydroxyl groups is 1. The molecule has 2 aliphatic rings. The summed E-state index contributed by atoms with van der Waals surface area (Å²) in [5.74, 6) is -0.364. The highest BCUT2D eigenvalue weighted by atomic mass is 19.1. The molecule has 2 unspecified atom stereocenters. The number of carbonyl (C=O) groups excluding carboxylic acids is 1. The van der Waals surface area contributed by atoms with Crippen LogP contribution in [0.3, 0.4) is 0 Å². The number of nitrogens with zero attached hydrogens (tertiary/aromatic N) is 2. The summed E-state index contributed by atoms with van der Waals surface area (Å²) in [6, 6.07) is 7.98. The number of ether oxygens (including phenoxy) is 1. The first kappa shape index (κ1) is 18.1. The molecule has 1 N–H and O–H groups in total. The predicted molar refractivity (Wildman–Crippen MR) is 98.2 cm³/mol. The Kier molecular flexibility index (Phi) is 4.93. The van der Waals surface area contributed by atoms with E-state index in [1.165, 1.54) is 12.1 Å². The van der Waals surface area contributed by atoms with Crippen molar-refractivity contribution in [3.05, 3.63) is 64.2 Å². The van der Waals surface area contributed by atoms with Crippen LogP contribution in [0.1, 0.15) is 39.3 Å². The van der Waals surface area contributed by atoms with E-state index >= 15 is 0 Å². The van der Waals surface area contributed by atoms with Gasteiger partial charge >= 0.3 is 0 Å². The number of aliphatic hydroxyl groups excluding tert-OH is 1. The van der Waals surface area contributed by atoms with Crippen LogP contribution >= 0.6 is 0 Å². The summed E-state index contributed by atoms with van der Waals surface area (Å²) in [4.78, 5) is 19.5. The van der Waals surface area contributed by atoms with Gasteiger partial charge in [-0.15, -0.1) is 0 Å². The molecule has 3 heterocycles. The molecule has 4 rings (SSSR count). The first-order valence-electron chi connectivity index (χ1n) is 9.33. The summed E-state index contributed by atoms with van der Waals surface area (Å²) in [5.41, 5.74) is 4.22.